The van der Waals surface area contributed by atoms with Crippen LogP contribution in [0.25, 0.3) is 10.2 Å². The van der Waals surface area contributed by atoms with Gasteiger partial charge in [0.15, 0.2) is 0 Å². The lowest BCUT2D eigenvalue weighted by molar-refractivity contribution is 0.102. The monoisotopic (exact) mass is 407 g/mol. The third kappa shape index (κ3) is 3.69. The number of benzene rings is 2. The first-order chi connectivity index (χ1) is 13.9. The number of halogens is 1. The number of thiophene rings is 1. The van der Waals surface area contributed by atoms with Gasteiger partial charge >= 0.3 is 0 Å². The Morgan fingerprint density at radius 2 is 1.93 bits per heavy atom. The van der Waals surface area contributed by atoms with Crippen LogP contribution in [-0.4, -0.2) is 15.5 Å². The third-order valence-electron chi connectivity index (χ3n) is 4.69. The Labute approximate surface area is 170 Å². The molecule has 0 radical (unpaired) electrons. The number of nitrogens with zero attached hydrogens (tertiary/aromatic N) is 2. The summed E-state index contributed by atoms with van der Waals surface area (Å²) >= 11 is 1.13. The zero-order chi connectivity index (χ0) is 20.5. The Hall–Kier alpha value is -3.32. The lowest BCUT2D eigenvalue weighted by atomic mass is 10.2. The standard InChI is InChI=1S/C22H18FN3O2S/c1-13-8-9-17(16(23)10-13)25-20(27)19-14(2)18-21(29-19)24-12-26(22(18)28)11-15-6-4-3-5-7-15/h3-10,12H,11H2,1-2H3,(H,25,27). The van der Waals surface area contributed by atoms with Gasteiger partial charge in [-0.15, -0.1) is 11.3 Å². The predicted octanol–water partition coefficient (Wildman–Crippen LogP) is 4.51. The molecule has 0 atom stereocenters. The van der Waals surface area contributed by atoms with Crippen molar-refractivity contribution in [3.05, 3.63) is 92.6 Å². The zero-order valence-corrected chi connectivity index (χ0v) is 16.7. The van der Waals surface area contributed by atoms with Crippen molar-refractivity contribution in [1.29, 1.82) is 0 Å². The summed E-state index contributed by atoms with van der Waals surface area (Å²) in [6.45, 7) is 3.89. The molecule has 0 bridgehead atoms. The lowest BCUT2D eigenvalue weighted by Gasteiger charge is -2.06. The Balaban J connectivity index is 1.69. The van der Waals surface area contributed by atoms with Crippen LogP contribution < -0.4 is 10.9 Å². The van der Waals surface area contributed by atoms with Crippen molar-refractivity contribution in [2.45, 2.75) is 20.4 Å². The van der Waals surface area contributed by atoms with Crippen LogP contribution in [0.15, 0.2) is 59.7 Å². The molecule has 4 aromatic rings. The first kappa shape index (κ1) is 19.0. The van der Waals surface area contributed by atoms with Crippen LogP contribution in [0.4, 0.5) is 10.1 Å². The molecule has 146 valence electrons. The van der Waals surface area contributed by atoms with Crippen LogP contribution in [0, 0.1) is 19.7 Å². The van der Waals surface area contributed by atoms with Crippen LogP contribution >= 0.6 is 11.3 Å². The number of fused-ring (bicyclic) bond motifs is 1. The summed E-state index contributed by atoms with van der Waals surface area (Å²) in [5, 5.41) is 3.01. The van der Waals surface area contributed by atoms with Gasteiger partial charge in [-0.05, 0) is 42.7 Å². The Morgan fingerprint density at radius 1 is 1.17 bits per heavy atom. The normalized spacial score (nSPS) is 11.0. The van der Waals surface area contributed by atoms with E-state index in [-0.39, 0.29) is 11.2 Å². The van der Waals surface area contributed by atoms with Crippen molar-refractivity contribution >= 4 is 33.1 Å². The van der Waals surface area contributed by atoms with Crippen molar-refractivity contribution in [2.24, 2.45) is 0 Å². The van der Waals surface area contributed by atoms with E-state index >= 15 is 0 Å². The number of aromatic nitrogens is 2. The van der Waals surface area contributed by atoms with Crippen molar-refractivity contribution < 1.29 is 9.18 Å². The summed E-state index contributed by atoms with van der Waals surface area (Å²) < 4.78 is 15.6. The van der Waals surface area contributed by atoms with Gasteiger partial charge in [-0.2, -0.15) is 0 Å². The van der Waals surface area contributed by atoms with Crippen LogP contribution in [0.1, 0.15) is 26.4 Å². The fraction of sp³-hybridized carbons (Fsp3) is 0.136. The van der Waals surface area contributed by atoms with Gasteiger partial charge in [0.2, 0.25) is 0 Å². The fourth-order valence-corrected chi connectivity index (χ4v) is 4.20. The van der Waals surface area contributed by atoms with E-state index in [0.29, 0.717) is 27.2 Å². The molecule has 1 N–H and O–H groups in total. The Morgan fingerprint density at radius 3 is 2.66 bits per heavy atom. The van der Waals surface area contributed by atoms with Crippen LogP contribution in [-0.2, 0) is 6.54 Å². The second-order valence-corrected chi connectivity index (χ2v) is 7.84. The molecule has 0 unspecified atom stereocenters. The molecule has 0 aliphatic carbocycles. The third-order valence-corrected chi connectivity index (χ3v) is 5.89. The molecule has 0 aliphatic rings. The molecular formula is C22H18FN3O2S. The highest BCUT2D eigenvalue weighted by Crippen LogP contribution is 2.28. The van der Waals surface area contributed by atoms with E-state index < -0.39 is 11.7 Å². The number of hydrogen-bond donors (Lipinski definition) is 1. The molecule has 0 saturated heterocycles. The SMILES string of the molecule is Cc1ccc(NC(=O)c2sc3ncn(Cc4ccccc4)c(=O)c3c2C)c(F)c1. The molecule has 0 spiro atoms. The average molecular weight is 407 g/mol. The molecular weight excluding hydrogens is 389 g/mol. The van der Waals surface area contributed by atoms with Crippen LogP contribution in [0.3, 0.4) is 0 Å². The number of anilines is 1. The van der Waals surface area contributed by atoms with Gasteiger partial charge in [0, 0.05) is 0 Å². The summed E-state index contributed by atoms with van der Waals surface area (Å²) in [6.07, 6.45) is 1.49. The zero-order valence-electron chi connectivity index (χ0n) is 15.9. The first-order valence-electron chi connectivity index (χ1n) is 9.04. The van der Waals surface area contributed by atoms with Crippen molar-refractivity contribution in [2.75, 3.05) is 5.32 Å². The summed E-state index contributed by atoms with van der Waals surface area (Å²) in [5.41, 5.74) is 2.20. The highest BCUT2D eigenvalue weighted by molar-refractivity contribution is 7.20. The van der Waals surface area contributed by atoms with Gasteiger partial charge in [0.25, 0.3) is 11.5 Å². The molecule has 5 nitrogen and oxygen atoms in total. The highest BCUT2D eigenvalue weighted by atomic mass is 32.1. The Kier molecular flexibility index (Phi) is 4.98. The van der Waals surface area contributed by atoms with Gasteiger partial charge in [-0.25, -0.2) is 9.37 Å². The highest BCUT2D eigenvalue weighted by Gasteiger charge is 2.20. The van der Waals surface area contributed by atoms with E-state index in [1.54, 1.807) is 19.9 Å². The minimum atomic E-state index is -0.500. The Bertz CT molecular complexity index is 1280. The molecule has 2 aromatic carbocycles. The fourth-order valence-electron chi connectivity index (χ4n) is 3.17. The van der Waals surface area contributed by atoms with Crippen molar-refractivity contribution in [3.63, 3.8) is 0 Å². The van der Waals surface area contributed by atoms with Gasteiger partial charge in [-0.1, -0.05) is 36.4 Å². The van der Waals surface area contributed by atoms with Crippen LogP contribution in [0.2, 0.25) is 0 Å². The molecule has 0 saturated carbocycles. The van der Waals surface area contributed by atoms with Gasteiger partial charge < -0.3 is 5.32 Å². The summed E-state index contributed by atoms with van der Waals surface area (Å²) in [7, 11) is 0. The quantitative estimate of drug-likeness (QED) is 0.541. The van der Waals surface area contributed by atoms with E-state index in [1.165, 1.54) is 23.0 Å². The molecule has 0 fully saturated rings. The lowest BCUT2D eigenvalue weighted by Crippen LogP contribution is -2.21. The van der Waals surface area contributed by atoms with E-state index in [9.17, 15) is 14.0 Å². The van der Waals surface area contributed by atoms with Crippen molar-refractivity contribution in [3.8, 4) is 0 Å². The smallest absolute Gasteiger partial charge is 0.266 e. The van der Waals surface area contributed by atoms with Gasteiger partial charge in [-0.3, -0.25) is 14.2 Å². The largest absolute Gasteiger partial charge is 0.319 e. The number of carbonyl (C=O) groups is 1. The topological polar surface area (TPSA) is 64.0 Å². The number of rotatable bonds is 4. The van der Waals surface area contributed by atoms with Gasteiger partial charge in [0.1, 0.15) is 10.6 Å². The number of aryl methyl sites for hydroxylation is 2. The predicted molar refractivity (Wildman–Crippen MR) is 113 cm³/mol. The van der Waals surface area contributed by atoms with Crippen LogP contribution in [0.5, 0.6) is 0 Å². The second kappa shape index (κ2) is 7.60. The molecule has 2 heterocycles. The molecule has 4 rings (SSSR count). The number of nitrogens with one attached hydrogen (secondary N) is 1. The van der Waals surface area contributed by atoms with Crippen molar-refractivity contribution in [1.82, 2.24) is 9.55 Å². The summed E-state index contributed by atoms with van der Waals surface area (Å²) in [5.74, 6) is -0.956. The van der Waals surface area contributed by atoms with Gasteiger partial charge in [0.05, 0.1) is 28.8 Å². The maximum absolute atomic E-state index is 14.1. The average Bonchev–Trinajstić information content (AvgIpc) is 3.04. The number of carbonyl (C=O) groups excluding carboxylic acids is 1. The summed E-state index contributed by atoms with van der Waals surface area (Å²) in [4.78, 5) is 30.9. The molecule has 29 heavy (non-hydrogen) atoms. The molecule has 7 heteroatoms. The maximum Gasteiger partial charge on any atom is 0.266 e. The van der Waals surface area contributed by atoms with E-state index in [1.807, 2.05) is 30.3 Å². The molecule has 0 aliphatic heterocycles. The minimum absolute atomic E-state index is 0.104. The minimum Gasteiger partial charge on any atom is -0.319 e. The first-order valence-corrected chi connectivity index (χ1v) is 9.85. The maximum atomic E-state index is 14.1. The van der Waals surface area contributed by atoms with E-state index in [4.69, 9.17) is 0 Å². The van der Waals surface area contributed by atoms with E-state index in [2.05, 4.69) is 10.3 Å². The second-order valence-electron chi connectivity index (χ2n) is 6.84. The number of amides is 1. The number of hydrogen-bond acceptors (Lipinski definition) is 4. The molecule has 1 amide bonds. The summed E-state index contributed by atoms with van der Waals surface area (Å²) in [6, 6.07) is 14.2. The molecule has 2 aromatic heterocycles. The van der Waals surface area contributed by atoms with E-state index in [0.717, 1.165) is 22.5 Å².